The lowest BCUT2D eigenvalue weighted by Gasteiger charge is -2.08. The number of ether oxygens (including phenoxy) is 1. The molecule has 0 aliphatic rings. The van der Waals surface area contributed by atoms with Crippen molar-refractivity contribution in [1.29, 1.82) is 0 Å². The molecule has 0 saturated carbocycles. The van der Waals surface area contributed by atoms with Gasteiger partial charge in [-0.3, -0.25) is 4.79 Å². The zero-order chi connectivity index (χ0) is 22.0. The Balaban J connectivity index is 1.54. The molecule has 4 aromatic rings. The second kappa shape index (κ2) is 9.02. The van der Waals surface area contributed by atoms with E-state index >= 15 is 0 Å². The fourth-order valence-corrected chi connectivity index (χ4v) is 3.83. The van der Waals surface area contributed by atoms with Crippen LogP contribution in [0.15, 0.2) is 65.1 Å². The third kappa shape index (κ3) is 4.69. The standard InChI is InChI=1S/C23H15Cl3N2O3/c1-30-22-13(10-14(24)11-18(22)26)6-9-21(29)27-15-7-8-20-19(12-15)28-23(31-20)16-4-2-3-5-17(16)25/h2-12H,1H3,(H,27,29). The summed E-state index contributed by atoms with van der Waals surface area (Å²) in [6.45, 7) is 0. The van der Waals surface area contributed by atoms with Crippen molar-refractivity contribution in [3.05, 3.63) is 81.3 Å². The predicted octanol–water partition coefficient (Wildman–Crippen LogP) is 7.12. The minimum absolute atomic E-state index is 0.340. The first kappa shape index (κ1) is 21.2. The highest BCUT2D eigenvalue weighted by atomic mass is 35.5. The van der Waals surface area contributed by atoms with Crippen molar-refractivity contribution in [2.45, 2.75) is 0 Å². The molecule has 31 heavy (non-hydrogen) atoms. The fourth-order valence-electron chi connectivity index (χ4n) is 3.02. The van der Waals surface area contributed by atoms with E-state index in [4.69, 9.17) is 44.0 Å². The Labute approximate surface area is 193 Å². The van der Waals surface area contributed by atoms with Crippen LogP contribution >= 0.6 is 34.8 Å². The summed E-state index contributed by atoms with van der Waals surface area (Å²) in [5.41, 5.74) is 3.04. The number of aromatic nitrogens is 1. The average Bonchev–Trinajstić information content (AvgIpc) is 3.15. The number of halogens is 3. The summed E-state index contributed by atoms with van der Waals surface area (Å²) in [6.07, 6.45) is 2.95. The molecule has 1 amide bonds. The van der Waals surface area contributed by atoms with Crippen LogP contribution in [0.3, 0.4) is 0 Å². The highest BCUT2D eigenvalue weighted by molar-refractivity contribution is 6.36. The number of hydrogen-bond acceptors (Lipinski definition) is 4. The van der Waals surface area contributed by atoms with Gasteiger partial charge in [0.25, 0.3) is 0 Å². The molecule has 0 bridgehead atoms. The van der Waals surface area contributed by atoms with Crippen molar-refractivity contribution in [2.24, 2.45) is 0 Å². The Hall–Kier alpha value is -2.99. The number of fused-ring (bicyclic) bond motifs is 1. The lowest BCUT2D eigenvalue weighted by Crippen LogP contribution is -2.07. The van der Waals surface area contributed by atoms with Crippen LogP contribution in [0.1, 0.15) is 5.56 Å². The van der Waals surface area contributed by atoms with Crippen molar-refractivity contribution in [3.63, 3.8) is 0 Å². The van der Waals surface area contributed by atoms with E-state index in [-0.39, 0.29) is 5.91 Å². The minimum atomic E-state index is -0.340. The SMILES string of the molecule is COc1c(Cl)cc(Cl)cc1C=CC(=O)Nc1ccc2oc(-c3ccccc3Cl)nc2c1. The van der Waals surface area contributed by atoms with E-state index in [1.54, 1.807) is 42.5 Å². The molecule has 1 aromatic heterocycles. The first-order valence-corrected chi connectivity index (χ1v) is 10.3. The average molecular weight is 474 g/mol. The summed E-state index contributed by atoms with van der Waals surface area (Å²) in [5, 5.41) is 4.14. The van der Waals surface area contributed by atoms with Gasteiger partial charge in [0.2, 0.25) is 11.8 Å². The van der Waals surface area contributed by atoms with E-state index in [0.29, 0.717) is 54.6 Å². The summed E-state index contributed by atoms with van der Waals surface area (Å²) in [7, 11) is 1.50. The van der Waals surface area contributed by atoms with Crippen LogP contribution in [0.4, 0.5) is 5.69 Å². The van der Waals surface area contributed by atoms with Crippen LogP contribution in [0.5, 0.6) is 5.75 Å². The smallest absolute Gasteiger partial charge is 0.248 e. The van der Waals surface area contributed by atoms with E-state index in [0.717, 1.165) is 0 Å². The van der Waals surface area contributed by atoms with E-state index in [9.17, 15) is 4.79 Å². The van der Waals surface area contributed by atoms with Gasteiger partial charge in [-0.25, -0.2) is 4.98 Å². The molecular formula is C23H15Cl3N2O3. The summed E-state index contributed by atoms with van der Waals surface area (Å²) >= 11 is 18.4. The number of anilines is 1. The monoisotopic (exact) mass is 472 g/mol. The van der Waals surface area contributed by atoms with Gasteiger partial charge in [0.15, 0.2) is 5.58 Å². The van der Waals surface area contributed by atoms with Gasteiger partial charge in [-0.15, -0.1) is 0 Å². The third-order valence-corrected chi connectivity index (χ3v) is 5.24. The molecule has 0 aliphatic heterocycles. The Bertz CT molecular complexity index is 1310. The van der Waals surface area contributed by atoms with Gasteiger partial charge in [-0.1, -0.05) is 46.9 Å². The van der Waals surface area contributed by atoms with Crippen molar-refractivity contribution in [2.75, 3.05) is 12.4 Å². The van der Waals surface area contributed by atoms with Crippen LogP contribution in [0.2, 0.25) is 15.1 Å². The van der Waals surface area contributed by atoms with E-state index in [1.165, 1.54) is 13.2 Å². The molecule has 0 saturated heterocycles. The first-order valence-electron chi connectivity index (χ1n) is 9.12. The van der Waals surface area contributed by atoms with Gasteiger partial charge in [0.1, 0.15) is 11.3 Å². The second-order valence-electron chi connectivity index (χ2n) is 6.51. The zero-order valence-electron chi connectivity index (χ0n) is 16.2. The maximum atomic E-state index is 12.4. The molecule has 156 valence electrons. The van der Waals surface area contributed by atoms with Crippen LogP contribution in [-0.2, 0) is 4.79 Å². The number of carbonyl (C=O) groups is 1. The number of carbonyl (C=O) groups excluding carboxylic acids is 1. The Morgan fingerprint density at radius 3 is 2.65 bits per heavy atom. The summed E-state index contributed by atoms with van der Waals surface area (Å²) in [5.74, 6) is 0.507. The zero-order valence-corrected chi connectivity index (χ0v) is 18.4. The molecule has 0 spiro atoms. The molecule has 0 radical (unpaired) electrons. The molecule has 0 unspecified atom stereocenters. The fraction of sp³-hybridized carbons (Fsp3) is 0.0435. The number of amides is 1. The Morgan fingerprint density at radius 2 is 1.87 bits per heavy atom. The van der Waals surface area contributed by atoms with Crippen molar-refractivity contribution in [1.82, 2.24) is 4.98 Å². The molecule has 3 aromatic carbocycles. The molecule has 4 rings (SSSR count). The lowest BCUT2D eigenvalue weighted by atomic mass is 10.2. The van der Waals surface area contributed by atoms with E-state index < -0.39 is 0 Å². The van der Waals surface area contributed by atoms with Crippen molar-refractivity contribution in [3.8, 4) is 17.2 Å². The molecule has 8 heteroatoms. The van der Waals surface area contributed by atoms with Crippen LogP contribution in [-0.4, -0.2) is 18.0 Å². The molecule has 0 atom stereocenters. The first-order chi connectivity index (χ1) is 14.9. The van der Waals surface area contributed by atoms with Crippen LogP contribution in [0, 0.1) is 0 Å². The van der Waals surface area contributed by atoms with Gasteiger partial charge in [-0.05, 0) is 48.5 Å². The van der Waals surface area contributed by atoms with Gasteiger partial charge in [-0.2, -0.15) is 0 Å². The van der Waals surface area contributed by atoms with Gasteiger partial charge >= 0.3 is 0 Å². The molecule has 1 N–H and O–H groups in total. The number of hydrogen-bond donors (Lipinski definition) is 1. The van der Waals surface area contributed by atoms with Gasteiger partial charge < -0.3 is 14.5 Å². The molecule has 0 aliphatic carbocycles. The Morgan fingerprint density at radius 1 is 1.06 bits per heavy atom. The number of rotatable bonds is 5. The maximum absolute atomic E-state index is 12.4. The summed E-state index contributed by atoms with van der Waals surface area (Å²) < 4.78 is 11.1. The topological polar surface area (TPSA) is 64.4 Å². The van der Waals surface area contributed by atoms with Crippen molar-refractivity contribution >= 4 is 63.6 Å². The number of methoxy groups -OCH3 is 1. The largest absolute Gasteiger partial charge is 0.495 e. The molecule has 1 heterocycles. The molecule has 5 nitrogen and oxygen atoms in total. The predicted molar refractivity (Wildman–Crippen MR) is 125 cm³/mol. The number of nitrogens with zero attached hydrogens (tertiary/aromatic N) is 1. The maximum Gasteiger partial charge on any atom is 0.248 e. The van der Waals surface area contributed by atoms with Crippen LogP contribution in [0.25, 0.3) is 28.6 Å². The highest BCUT2D eigenvalue weighted by Gasteiger charge is 2.12. The molecular weight excluding hydrogens is 459 g/mol. The highest BCUT2D eigenvalue weighted by Crippen LogP contribution is 2.33. The van der Waals surface area contributed by atoms with E-state index in [1.807, 2.05) is 18.2 Å². The quantitative estimate of drug-likeness (QED) is 0.314. The summed E-state index contributed by atoms with van der Waals surface area (Å²) in [4.78, 5) is 16.9. The van der Waals surface area contributed by atoms with Crippen LogP contribution < -0.4 is 10.1 Å². The minimum Gasteiger partial charge on any atom is -0.495 e. The third-order valence-electron chi connectivity index (χ3n) is 4.41. The van der Waals surface area contributed by atoms with Gasteiger partial charge in [0, 0.05) is 22.3 Å². The van der Waals surface area contributed by atoms with Gasteiger partial charge in [0.05, 0.1) is 22.7 Å². The van der Waals surface area contributed by atoms with E-state index in [2.05, 4.69) is 10.3 Å². The number of nitrogens with one attached hydrogen (secondary N) is 1. The lowest BCUT2D eigenvalue weighted by molar-refractivity contribution is -0.111. The number of oxazole rings is 1. The number of benzene rings is 3. The summed E-state index contributed by atoms with van der Waals surface area (Å²) in [6, 6.07) is 15.7. The molecule has 0 fully saturated rings. The Kier molecular flexibility index (Phi) is 6.18. The normalized spacial score (nSPS) is 11.2. The second-order valence-corrected chi connectivity index (χ2v) is 7.76. The van der Waals surface area contributed by atoms with Crippen molar-refractivity contribution < 1.29 is 13.9 Å².